The van der Waals surface area contributed by atoms with Crippen LogP contribution < -0.4 is 16.0 Å². The average Bonchev–Trinajstić information content (AvgIpc) is 2.86. The van der Waals surface area contributed by atoms with Crippen LogP contribution in [0.4, 0.5) is 11.4 Å². The molecule has 21 heavy (non-hydrogen) atoms. The molecule has 1 atom stereocenters. The Kier molecular flexibility index (Phi) is 3.41. The second kappa shape index (κ2) is 5.24. The van der Waals surface area contributed by atoms with Gasteiger partial charge in [0.25, 0.3) is 0 Å². The molecule has 5 nitrogen and oxygen atoms in total. The Bertz CT molecular complexity index is 698. The van der Waals surface area contributed by atoms with E-state index in [0.717, 1.165) is 47.4 Å². The van der Waals surface area contributed by atoms with E-state index in [-0.39, 0.29) is 11.9 Å². The zero-order valence-electron chi connectivity index (χ0n) is 12.4. The molecule has 3 rings (SSSR count). The quantitative estimate of drug-likeness (QED) is 0.826. The van der Waals surface area contributed by atoms with Crippen LogP contribution in [0, 0.1) is 6.92 Å². The maximum Gasteiger partial charge on any atom is 0.217 e. The molecule has 0 bridgehead atoms. The highest BCUT2D eigenvalue weighted by Crippen LogP contribution is 2.32. The largest absolute Gasteiger partial charge is 0.398 e. The first-order valence-electron chi connectivity index (χ1n) is 7.21. The molecule has 1 fully saturated rings. The number of anilines is 2. The van der Waals surface area contributed by atoms with Crippen molar-refractivity contribution in [3.63, 3.8) is 0 Å². The molecular weight excluding hydrogens is 264 g/mol. The lowest BCUT2D eigenvalue weighted by atomic mass is 10.1. The number of aryl methyl sites for hydroxylation is 1. The summed E-state index contributed by atoms with van der Waals surface area (Å²) >= 11 is 0. The molecular formula is C16H20N4O. The van der Waals surface area contributed by atoms with Crippen LogP contribution in [0.2, 0.25) is 0 Å². The number of benzene rings is 1. The highest BCUT2D eigenvalue weighted by molar-refractivity contribution is 6.01. The molecule has 2 aromatic rings. The number of amides is 1. The van der Waals surface area contributed by atoms with E-state index in [1.165, 1.54) is 0 Å². The number of carbonyl (C=O) groups excluding carboxylic acids is 1. The summed E-state index contributed by atoms with van der Waals surface area (Å²) in [6.45, 7) is 5.32. The normalized spacial score (nSPS) is 18.2. The standard InChI is InChI=1S/C16H20N4O/c1-10-7-13-14(8-18-10)15(17)3-4-16(13)20-6-5-12(9-20)19-11(2)21/h3-4,7-8,12H,5-6,9,17H2,1-2H3,(H,19,21). The third kappa shape index (κ3) is 2.63. The summed E-state index contributed by atoms with van der Waals surface area (Å²) < 4.78 is 0. The summed E-state index contributed by atoms with van der Waals surface area (Å²) in [4.78, 5) is 17.8. The summed E-state index contributed by atoms with van der Waals surface area (Å²) in [6, 6.07) is 6.29. The van der Waals surface area contributed by atoms with Gasteiger partial charge in [-0.2, -0.15) is 0 Å². The fourth-order valence-corrected chi connectivity index (χ4v) is 3.01. The molecule has 1 aromatic carbocycles. The third-order valence-electron chi connectivity index (χ3n) is 3.98. The minimum Gasteiger partial charge on any atom is -0.398 e. The van der Waals surface area contributed by atoms with Gasteiger partial charge in [0, 0.05) is 60.1 Å². The van der Waals surface area contributed by atoms with Gasteiger partial charge < -0.3 is 16.0 Å². The second-order valence-corrected chi connectivity index (χ2v) is 5.68. The molecule has 0 spiro atoms. The first-order chi connectivity index (χ1) is 10.0. The van der Waals surface area contributed by atoms with Crippen LogP contribution in [-0.2, 0) is 4.79 Å². The number of nitrogens with two attached hydrogens (primary N) is 1. The molecule has 110 valence electrons. The van der Waals surface area contributed by atoms with Gasteiger partial charge in [0.05, 0.1) is 0 Å². The Balaban J connectivity index is 1.96. The highest BCUT2D eigenvalue weighted by atomic mass is 16.1. The molecule has 1 unspecified atom stereocenters. The number of aromatic nitrogens is 1. The van der Waals surface area contributed by atoms with Gasteiger partial charge in [0.15, 0.2) is 0 Å². The molecule has 1 saturated heterocycles. The predicted octanol–water partition coefficient (Wildman–Crippen LogP) is 1.84. The van der Waals surface area contributed by atoms with Crippen LogP contribution in [0.25, 0.3) is 10.8 Å². The number of hydrogen-bond acceptors (Lipinski definition) is 4. The summed E-state index contributed by atoms with van der Waals surface area (Å²) in [5.41, 5.74) is 8.94. The van der Waals surface area contributed by atoms with E-state index in [4.69, 9.17) is 5.73 Å². The van der Waals surface area contributed by atoms with Gasteiger partial charge in [-0.1, -0.05) is 0 Å². The van der Waals surface area contributed by atoms with Crippen LogP contribution in [0.15, 0.2) is 24.4 Å². The van der Waals surface area contributed by atoms with Gasteiger partial charge in [-0.05, 0) is 31.5 Å². The van der Waals surface area contributed by atoms with E-state index in [9.17, 15) is 4.79 Å². The van der Waals surface area contributed by atoms with Gasteiger partial charge in [-0.3, -0.25) is 9.78 Å². The SMILES string of the molecule is CC(=O)NC1CCN(c2ccc(N)c3cnc(C)cc23)C1. The van der Waals surface area contributed by atoms with Crippen molar-refractivity contribution in [3.8, 4) is 0 Å². The van der Waals surface area contributed by atoms with Crippen molar-refractivity contribution in [1.82, 2.24) is 10.3 Å². The van der Waals surface area contributed by atoms with Gasteiger partial charge in [0.1, 0.15) is 0 Å². The predicted molar refractivity (Wildman–Crippen MR) is 85.3 cm³/mol. The monoisotopic (exact) mass is 284 g/mol. The van der Waals surface area contributed by atoms with Gasteiger partial charge >= 0.3 is 0 Å². The van der Waals surface area contributed by atoms with Crippen molar-refractivity contribution in [2.24, 2.45) is 0 Å². The van der Waals surface area contributed by atoms with Crippen molar-refractivity contribution < 1.29 is 4.79 Å². The number of carbonyl (C=O) groups is 1. The molecule has 5 heteroatoms. The van der Waals surface area contributed by atoms with Crippen molar-refractivity contribution >= 4 is 28.1 Å². The van der Waals surface area contributed by atoms with E-state index in [1.54, 1.807) is 6.92 Å². The van der Waals surface area contributed by atoms with Crippen LogP contribution >= 0.6 is 0 Å². The Morgan fingerprint density at radius 1 is 1.43 bits per heavy atom. The molecule has 3 N–H and O–H groups in total. The van der Waals surface area contributed by atoms with Crippen molar-refractivity contribution in [2.75, 3.05) is 23.7 Å². The van der Waals surface area contributed by atoms with Gasteiger partial charge in [-0.15, -0.1) is 0 Å². The molecule has 1 aromatic heterocycles. The molecule has 0 aliphatic carbocycles. The zero-order chi connectivity index (χ0) is 15.0. The van der Waals surface area contributed by atoms with E-state index in [0.29, 0.717) is 0 Å². The Morgan fingerprint density at radius 3 is 3.00 bits per heavy atom. The summed E-state index contributed by atoms with van der Waals surface area (Å²) in [7, 11) is 0. The summed E-state index contributed by atoms with van der Waals surface area (Å²) in [6.07, 6.45) is 2.81. The van der Waals surface area contributed by atoms with Crippen LogP contribution in [-0.4, -0.2) is 30.0 Å². The van der Waals surface area contributed by atoms with Crippen molar-refractivity contribution in [3.05, 3.63) is 30.1 Å². The number of pyridine rings is 1. The van der Waals surface area contributed by atoms with Crippen molar-refractivity contribution in [2.45, 2.75) is 26.3 Å². The summed E-state index contributed by atoms with van der Waals surface area (Å²) in [5, 5.41) is 5.11. The fraction of sp³-hybridized carbons (Fsp3) is 0.375. The van der Waals surface area contributed by atoms with Gasteiger partial charge in [-0.25, -0.2) is 0 Å². The maximum absolute atomic E-state index is 11.2. The Hall–Kier alpha value is -2.30. The molecule has 1 aliphatic heterocycles. The number of hydrogen-bond donors (Lipinski definition) is 2. The number of nitrogens with one attached hydrogen (secondary N) is 1. The van der Waals surface area contributed by atoms with Gasteiger partial charge in [0.2, 0.25) is 5.91 Å². The lowest BCUT2D eigenvalue weighted by Crippen LogP contribution is -2.35. The van der Waals surface area contributed by atoms with E-state index in [2.05, 4.69) is 27.3 Å². The average molecular weight is 284 g/mol. The lowest BCUT2D eigenvalue weighted by molar-refractivity contribution is -0.119. The van der Waals surface area contributed by atoms with E-state index >= 15 is 0 Å². The second-order valence-electron chi connectivity index (χ2n) is 5.68. The summed E-state index contributed by atoms with van der Waals surface area (Å²) in [5.74, 6) is 0.0315. The minimum absolute atomic E-state index is 0.0315. The topological polar surface area (TPSA) is 71.2 Å². The lowest BCUT2D eigenvalue weighted by Gasteiger charge is -2.21. The first-order valence-corrected chi connectivity index (χ1v) is 7.21. The van der Waals surface area contributed by atoms with Crippen LogP contribution in [0.3, 0.4) is 0 Å². The third-order valence-corrected chi connectivity index (χ3v) is 3.98. The van der Waals surface area contributed by atoms with Crippen LogP contribution in [0.5, 0.6) is 0 Å². The molecule has 0 radical (unpaired) electrons. The molecule has 1 amide bonds. The number of fused-ring (bicyclic) bond motifs is 1. The Morgan fingerprint density at radius 2 is 2.24 bits per heavy atom. The smallest absolute Gasteiger partial charge is 0.217 e. The van der Waals surface area contributed by atoms with E-state index in [1.807, 2.05) is 19.2 Å². The number of rotatable bonds is 2. The molecule has 2 heterocycles. The Labute approximate surface area is 124 Å². The zero-order valence-corrected chi connectivity index (χ0v) is 12.4. The van der Waals surface area contributed by atoms with E-state index < -0.39 is 0 Å². The molecule has 1 aliphatic rings. The van der Waals surface area contributed by atoms with Crippen LogP contribution in [0.1, 0.15) is 19.0 Å². The maximum atomic E-state index is 11.2. The molecule has 0 saturated carbocycles. The van der Waals surface area contributed by atoms with Crippen molar-refractivity contribution in [1.29, 1.82) is 0 Å². The number of nitrogens with zero attached hydrogens (tertiary/aromatic N) is 2. The highest BCUT2D eigenvalue weighted by Gasteiger charge is 2.24. The fourth-order valence-electron chi connectivity index (χ4n) is 3.01. The minimum atomic E-state index is 0.0315. The number of nitrogen functional groups attached to an aromatic ring is 1. The first kappa shape index (κ1) is 13.7.